The maximum absolute atomic E-state index is 16.0. The van der Waals surface area contributed by atoms with Gasteiger partial charge in [-0.15, -0.1) is 0 Å². The number of phosphoric ester groups is 1. The van der Waals surface area contributed by atoms with E-state index in [0.717, 1.165) is 21.8 Å². The van der Waals surface area contributed by atoms with E-state index < -0.39 is 95.3 Å². The number of aromatic amines is 2. The van der Waals surface area contributed by atoms with Crippen LogP contribution in [-0.4, -0.2) is 105 Å². The van der Waals surface area contributed by atoms with Gasteiger partial charge in [-0.3, -0.25) is 42.3 Å². The predicted octanol–water partition coefficient (Wildman–Crippen LogP) is -1.05. The van der Waals surface area contributed by atoms with Crippen molar-refractivity contribution in [3.8, 4) is 0 Å². The van der Waals surface area contributed by atoms with E-state index >= 15 is 8.78 Å². The van der Waals surface area contributed by atoms with Crippen LogP contribution in [0.25, 0.3) is 22.3 Å². The second kappa shape index (κ2) is 11.5. The Hall–Kier alpha value is -3.70. The van der Waals surface area contributed by atoms with Gasteiger partial charge in [0.2, 0.25) is 11.9 Å². The number of phosphoric acid groups is 1. The van der Waals surface area contributed by atoms with Gasteiger partial charge in [0, 0.05) is 0 Å². The monoisotopic (exact) mass is 708 g/mol. The summed E-state index contributed by atoms with van der Waals surface area (Å²) in [5.41, 5.74) is 8.92. The van der Waals surface area contributed by atoms with Crippen molar-refractivity contribution in [1.29, 1.82) is 0 Å². The average molecular weight is 708 g/mol. The molecular formula is C21H24F2N10O12P2. The van der Waals surface area contributed by atoms with Gasteiger partial charge < -0.3 is 40.0 Å². The van der Waals surface area contributed by atoms with Crippen LogP contribution in [0.4, 0.5) is 20.7 Å². The molecule has 7 rings (SSSR count). The molecule has 254 valence electrons. The number of rotatable bonds is 2. The van der Waals surface area contributed by atoms with Crippen molar-refractivity contribution in [1.82, 2.24) is 39.0 Å². The van der Waals surface area contributed by atoms with Crippen LogP contribution in [0.2, 0.25) is 0 Å². The number of hydrogen-bond acceptors (Lipinski definition) is 16. The van der Waals surface area contributed by atoms with E-state index in [1.165, 1.54) is 0 Å². The summed E-state index contributed by atoms with van der Waals surface area (Å²) in [4.78, 5) is 65.6. The quantitative estimate of drug-likeness (QED) is 0.135. The fourth-order valence-electron chi connectivity index (χ4n) is 5.45. The second-order valence-corrected chi connectivity index (χ2v) is 13.8. The summed E-state index contributed by atoms with van der Waals surface area (Å²) in [5.74, 6) is -0.635. The third kappa shape index (κ3) is 5.75. The molecule has 4 aromatic rings. The van der Waals surface area contributed by atoms with Crippen LogP contribution in [0.3, 0.4) is 0 Å². The van der Waals surface area contributed by atoms with E-state index in [9.17, 15) is 28.5 Å². The van der Waals surface area contributed by atoms with Gasteiger partial charge in [-0.05, 0) is 0 Å². The Kier molecular flexibility index (Phi) is 7.78. The Labute approximate surface area is 258 Å². The first-order chi connectivity index (χ1) is 22.2. The largest absolute Gasteiger partial charge is 0.472 e. The summed E-state index contributed by atoms with van der Waals surface area (Å²) in [6.07, 6.45) is -13.7. The lowest BCUT2D eigenvalue weighted by molar-refractivity contribution is -0.0580. The normalized spacial score (nSPS) is 36.9. The van der Waals surface area contributed by atoms with Gasteiger partial charge in [0.15, 0.2) is 47.1 Å². The van der Waals surface area contributed by atoms with Crippen molar-refractivity contribution in [2.24, 2.45) is 0 Å². The van der Waals surface area contributed by atoms with Crippen molar-refractivity contribution in [3.05, 3.63) is 33.4 Å². The Bertz CT molecular complexity index is 2070. The molecule has 4 aromatic heterocycles. The molecule has 47 heavy (non-hydrogen) atoms. The van der Waals surface area contributed by atoms with Gasteiger partial charge in [-0.2, -0.15) is 9.97 Å². The van der Waals surface area contributed by atoms with Gasteiger partial charge >= 0.3 is 15.4 Å². The molecule has 0 spiro atoms. The maximum Gasteiger partial charge on any atom is 0.472 e. The first-order valence-corrected chi connectivity index (χ1v) is 16.7. The molecule has 0 aliphatic carbocycles. The molecule has 0 bridgehead atoms. The molecule has 8 N–H and O–H groups in total. The number of ether oxygens (including phenoxy) is 3. The molecule has 4 unspecified atom stereocenters. The molecule has 26 heteroatoms. The standard InChI is InChI=1S/C21H24F2N10O12P2/c22-8-12-6(43-18(8)32-3-26-10-14(32)28-20(24)30-16(10)34)2-42-47(38,39)45-13-7(1-41-46(36,37)5-40-12)44-19(9(13)23)33-4-27-11-15(33)29-21(25)31-17(11)35/h3-4,6-9,12-13,18-19H,1-2,5H2,(H,36,37)(H,38,39)(H3,24,28,30,34)(H3,25,29,31,35)/t6-,7-,8+,9+,12?,13?,18-,19-/m1/s1. The molecule has 0 saturated carbocycles. The number of aromatic nitrogens is 8. The van der Waals surface area contributed by atoms with Crippen LogP contribution in [0.15, 0.2) is 22.2 Å². The van der Waals surface area contributed by atoms with Crippen molar-refractivity contribution in [2.45, 2.75) is 49.2 Å². The number of nitrogens with two attached hydrogens (primary N) is 2. The van der Waals surface area contributed by atoms with Crippen molar-refractivity contribution < 1.29 is 55.5 Å². The molecule has 10 atom stereocenters. The third-order valence-electron chi connectivity index (χ3n) is 7.51. The minimum atomic E-state index is -5.23. The van der Waals surface area contributed by atoms with E-state index in [2.05, 4.69) is 29.9 Å². The van der Waals surface area contributed by atoms with Crippen molar-refractivity contribution >= 4 is 49.6 Å². The van der Waals surface area contributed by atoms with Gasteiger partial charge in [0.1, 0.15) is 30.8 Å². The molecule has 7 heterocycles. The highest BCUT2D eigenvalue weighted by Gasteiger charge is 2.53. The van der Waals surface area contributed by atoms with E-state index in [1.807, 2.05) is 0 Å². The number of alkyl halides is 2. The molecule has 3 aliphatic heterocycles. The number of H-pyrrole nitrogens is 2. The number of fused-ring (bicyclic) bond motifs is 4. The lowest BCUT2D eigenvalue weighted by Crippen LogP contribution is -2.35. The Morgan fingerprint density at radius 1 is 0.830 bits per heavy atom. The van der Waals surface area contributed by atoms with Crippen LogP contribution in [0, 0.1) is 0 Å². The fourth-order valence-corrected chi connectivity index (χ4v) is 7.22. The summed E-state index contributed by atoms with van der Waals surface area (Å²) < 4.78 is 91.8. The molecule has 3 fully saturated rings. The van der Waals surface area contributed by atoms with E-state index in [1.54, 1.807) is 0 Å². The van der Waals surface area contributed by atoms with Gasteiger partial charge in [-0.1, -0.05) is 0 Å². The summed E-state index contributed by atoms with van der Waals surface area (Å²) in [7, 11) is -9.99. The SMILES string of the molecule is Nc1nc2c(ncn2[C@@H]2O[C@@H]3COP(=O)(O)OC4[C@@H](COP(=O)(O)COC3[C@@H]2F)O[C@@H](n2cnc3c(=O)[nH]c(N)nc32)[C@H]4F)c(=O)[nH]1. The highest BCUT2D eigenvalue weighted by atomic mass is 31.2. The lowest BCUT2D eigenvalue weighted by Gasteiger charge is -2.23. The zero-order valence-corrected chi connectivity index (χ0v) is 25.1. The summed E-state index contributed by atoms with van der Waals surface area (Å²) in [5, 5.41) is 0. The fraction of sp³-hybridized carbons (Fsp3) is 0.524. The second-order valence-electron chi connectivity index (χ2n) is 10.6. The smallest absolute Gasteiger partial charge is 0.369 e. The zero-order valence-electron chi connectivity index (χ0n) is 23.4. The minimum Gasteiger partial charge on any atom is -0.369 e. The number of nitrogen functional groups attached to an aromatic ring is 2. The Balaban J connectivity index is 1.17. The summed E-state index contributed by atoms with van der Waals surface area (Å²) >= 11 is 0. The number of nitrogens with one attached hydrogen (secondary N) is 2. The first-order valence-electron chi connectivity index (χ1n) is 13.5. The zero-order chi connectivity index (χ0) is 33.4. The van der Waals surface area contributed by atoms with E-state index in [-0.39, 0.29) is 34.2 Å². The number of nitrogens with zero attached hydrogens (tertiary/aromatic N) is 6. The number of imidazole rings is 2. The van der Waals surface area contributed by atoms with Crippen LogP contribution < -0.4 is 22.6 Å². The van der Waals surface area contributed by atoms with E-state index in [4.69, 9.17) is 39.2 Å². The van der Waals surface area contributed by atoms with Gasteiger partial charge in [-0.25, -0.2) is 23.3 Å². The van der Waals surface area contributed by atoms with Crippen LogP contribution in [0.5, 0.6) is 0 Å². The average Bonchev–Trinajstić information content (AvgIpc) is 3.74. The van der Waals surface area contributed by atoms with Gasteiger partial charge in [0.25, 0.3) is 11.1 Å². The van der Waals surface area contributed by atoms with Crippen molar-refractivity contribution in [3.63, 3.8) is 0 Å². The molecule has 0 amide bonds. The number of hydrogen-bond donors (Lipinski definition) is 6. The highest BCUT2D eigenvalue weighted by Crippen LogP contribution is 2.52. The van der Waals surface area contributed by atoms with Crippen molar-refractivity contribution in [2.75, 3.05) is 31.0 Å². The first kappa shape index (κ1) is 31.9. The molecule has 0 radical (unpaired) electrons. The van der Waals surface area contributed by atoms with Crippen LogP contribution >= 0.6 is 15.4 Å². The molecule has 3 saturated heterocycles. The van der Waals surface area contributed by atoms with Crippen LogP contribution in [0.1, 0.15) is 12.5 Å². The van der Waals surface area contributed by atoms with Crippen LogP contribution in [-0.2, 0) is 36.9 Å². The van der Waals surface area contributed by atoms with Gasteiger partial charge in [0.05, 0.1) is 25.9 Å². The third-order valence-corrected chi connectivity index (χ3v) is 9.52. The topological polar surface area (TPSA) is 309 Å². The molecule has 3 aliphatic rings. The Morgan fingerprint density at radius 3 is 1.87 bits per heavy atom. The lowest BCUT2D eigenvalue weighted by atomic mass is 10.1. The highest BCUT2D eigenvalue weighted by molar-refractivity contribution is 7.52. The number of halogens is 2. The summed E-state index contributed by atoms with van der Waals surface area (Å²) in [6, 6.07) is 0. The number of anilines is 2. The molecule has 0 aromatic carbocycles. The molecular weight excluding hydrogens is 684 g/mol. The van der Waals surface area contributed by atoms with E-state index in [0.29, 0.717) is 0 Å². The summed E-state index contributed by atoms with van der Waals surface area (Å²) in [6.45, 7) is -1.80. The predicted molar refractivity (Wildman–Crippen MR) is 149 cm³/mol. The molecule has 22 nitrogen and oxygen atoms in total. The Morgan fingerprint density at radius 2 is 1.32 bits per heavy atom. The maximum atomic E-state index is 16.0. The minimum absolute atomic E-state index is 0.176.